The van der Waals surface area contributed by atoms with Crippen LogP contribution in [0.4, 0.5) is 15.3 Å². The lowest BCUT2D eigenvalue weighted by atomic mass is 10.1. The predicted octanol–water partition coefficient (Wildman–Crippen LogP) is 6.21. The highest BCUT2D eigenvalue weighted by Crippen LogP contribution is 2.37. The maximum absolute atomic E-state index is 13.4. The number of benzene rings is 2. The molecular formula is C24H18BrFN6OS2. The van der Waals surface area contributed by atoms with Gasteiger partial charge in [0.05, 0.1) is 18.9 Å². The number of imidazole rings is 1. The van der Waals surface area contributed by atoms with Crippen LogP contribution in [0.1, 0.15) is 16.1 Å². The van der Waals surface area contributed by atoms with Crippen LogP contribution in [-0.2, 0) is 17.8 Å². The normalized spacial score (nSPS) is 11.1. The highest BCUT2D eigenvalue weighted by atomic mass is 79.9. The van der Waals surface area contributed by atoms with E-state index in [-0.39, 0.29) is 5.82 Å². The highest BCUT2D eigenvalue weighted by Gasteiger charge is 2.24. The molecule has 0 radical (unpaired) electrons. The average molecular weight is 569 g/mol. The van der Waals surface area contributed by atoms with Crippen molar-refractivity contribution in [1.82, 2.24) is 19.6 Å². The van der Waals surface area contributed by atoms with E-state index in [2.05, 4.69) is 27.1 Å². The number of nitrogens with zero attached hydrogens (tertiary/aromatic N) is 6. The van der Waals surface area contributed by atoms with Crippen molar-refractivity contribution in [2.45, 2.75) is 13.0 Å². The molecule has 0 fully saturated rings. The zero-order valence-electron chi connectivity index (χ0n) is 18.5. The van der Waals surface area contributed by atoms with Gasteiger partial charge < -0.3 is 9.64 Å². The van der Waals surface area contributed by atoms with Gasteiger partial charge in [-0.25, -0.2) is 14.4 Å². The van der Waals surface area contributed by atoms with E-state index < -0.39 is 0 Å². The Morgan fingerprint density at radius 1 is 1.11 bits per heavy atom. The molecule has 5 rings (SSSR count). The van der Waals surface area contributed by atoms with Crippen molar-refractivity contribution in [1.29, 1.82) is 5.26 Å². The van der Waals surface area contributed by atoms with E-state index in [4.69, 9.17) is 14.7 Å². The van der Waals surface area contributed by atoms with Gasteiger partial charge in [-0.15, -0.1) is 5.10 Å². The first-order chi connectivity index (χ1) is 17.0. The SMILES string of the molecule is CN(c1nc(-c2ccc(F)cc2)c(C#N)s1)c1c(CCOCc2ccccc2)nc2sc(Br)nn12. The van der Waals surface area contributed by atoms with Gasteiger partial charge in [-0.05, 0) is 45.8 Å². The first-order valence-corrected chi connectivity index (χ1v) is 13.0. The second kappa shape index (κ2) is 10.2. The van der Waals surface area contributed by atoms with Gasteiger partial charge in [-0.1, -0.05) is 53.0 Å². The second-order valence-corrected chi connectivity index (χ2v) is 10.8. The lowest BCUT2D eigenvalue weighted by Gasteiger charge is -2.16. The predicted molar refractivity (Wildman–Crippen MR) is 139 cm³/mol. The molecule has 0 aliphatic rings. The van der Waals surface area contributed by atoms with E-state index in [1.165, 1.54) is 34.8 Å². The molecule has 0 amide bonds. The minimum absolute atomic E-state index is 0.338. The number of fused-ring (bicyclic) bond motifs is 1. The van der Waals surface area contributed by atoms with E-state index in [9.17, 15) is 9.65 Å². The molecule has 0 unspecified atom stereocenters. The zero-order chi connectivity index (χ0) is 24.4. The van der Waals surface area contributed by atoms with Crippen LogP contribution in [0, 0.1) is 17.1 Å². The third-order valence-electron chi connectivity index (χ3n) is 5.26. The Morgan fingerprint density at radius 3 is 2.63 bits per heavy atom. The number of thiazole rings is 1. The Balaban J connectivity index is 1.43. The summed E-state index contributed by atoms with van der Waals surface area (Å²) in [5, 5.41) is 14.9. The summed E-state index contributed by atoms with van der Waals surface area (Å²) in [6.07, 6.45) is 0.585. The second-order valence-electron chi connectivity index (χ2n) is 7.57. The van der Waals surface area contributed by atoms with Crippen molar-refractivity contribution in [3.05, 3.63) is 80.5 Å². The molecule has 35 heavy (non-hydrogen) atoms. The van der Waals surface area contributed by atoms with Crippen molar-refractivity contribution in [3.8, 4) is 17.3 Å². The van der Waals surface area contributed by atoms with Gasteiger partial charge in [0.1, 0.15) is 22.5 Å². The van der Waals surface area contributed by atoms with Crippen LogP contribution >= 0.6 is 38.6 Å². The Bertz CT molecular complexity index is 1510. The largest absolute Gasteiger partial charge is 0.376 e. The van der Waals surface area contributed by atoms with Gasteiger partial charge >= 0.3 is 0 Å². The maximum Gasteiger partial charge on any atom is 0.215 e. The molecule has 7 nitrogen and oxygen atoms in total. The number of rotatable bonds is 8. The molecule has 3 heterocycles. The monoisotopic (exact) mass is 568 g/mol. The van der Waals surface area contributed by atoms with Crippen LogP contribution in [0.5, 0.6) is 0 Å². The molecule has 11 heteroatoms. The van der Waals surface area contributed by atoms with Crippen molar-refractivity contribution in [3.63, 3.8) is 0 Å². The minimum Gasteiger partial charge on any atom is -0.376 e. The standard InChI is InChI=1S/C24H18BrFN6OS2/c1-31(23-29-20(19(13-27)34-23)16-7-9-17(26)10-8-16)21-18(28-24-32(21)30-22(25)35-24)11-12-33-14-15-5-3-2-4-6-15/h2-10H,11-12,14H2,1H3. The van der Waals surface area contributed by atoms with E-state index in [1.807, 2.05) is 42.3 Å². The quantitative estimate of drug-likeness (QED) is 0.207. The Morgan fingerprint density at radius 2 is 1.89 bits per heavy atom. The van der Waals surface area contributed by atoms with Crippen LogP contribution in [0.25, 0.3) is 16.2 Å². The molecule has 0 bridgehead atoms. The van der Waals surface area contributed by atoms with Gasteiger partial charge in [0.15, 0.2) is 14.9 Å². The summed E-state index contributed by atoms with van der Waals surface area (Å²) in [6, 6.07) is 18.2. The molecule has 2 aromatic carbocycles. The molecule has 0 saturated carbocycles. The summed E-state index contributed by atoms with van der Waals surface area (Å²) < 4.78 is 21.8. The highest BCUT2D eigenvalue weighted by molar-refractivity contribution is 9.11. The molecule has 0 saturated heterocycles. The Hall–Kier alpha value is -3.17. The molecule has 5 aromatic rings. The number of nitriles is 1. The Kier molecular flexibility index (Phi) is 6.88. The lowest BCUT2D eigenvalue weighted by molar-refractivity contribution is 0.123. The number of anilines is 2. The summed E-state index contributed by atoms with van der Waals surface area (Å²) in [7, 11) is 1.87. The average Bonchev–Trinajstić information content (AvgIpc) is 3.54. The fraction of sp³-hybridized carbons (Fsp3) is 0.167. The van der Waals surface area contributed by atoms with Crippen molar-refractivity contribution >= 4 is 54.5 Å². The minimum atomic E-state index is -0.338. The van der Waals surface area contributed by atoms with Crippen LogP contribution in [0.2, 0.25) is 0 Å². The fourth-order valence-corrected chi connectivity index (χ4v) is 5.70. The van der Waals surface area contributed by atoms with Gasteiger partial charge in [0.25, 0.3) is 0 Å². The maximum atomic E-state index is 13.4. The molecule has 176 valence electrons. The first kappa shape index (κ1) is 23.6. The topological polar surface area (TPSA) is 79.3 Å². The number of aromatic nitrogens is 4. The van der Waals surface area contributed by atoms with Gasteiger partial charge in [-0.3, -0.25) is 0 Å². The number of hydrogen-bond donors (Lipinski definition) is 0. The Labute approximate surface area is 217 Å². The molecule has 0 aliphatic carbocycles. The van der Waals surface area contributed by atoms with E-state index in [0.717, 1.165) is 22.0 Å². The van der Waals surface area contributed by atoms with Gasteiger partial charge in [-0.2, -0.15) is 9.78 Å². The number of halogens is 2. The third-order valence-corrected chi connectivity index (χ3v) is 7.64. The van der Waals surface area contributed by atoms with Crippen LogP contribution in [0.3, 0.4) is 0 Å². The molecule has 3 aromatic heterocycles. The number of ether oxygens (including phenoxy) is 1. The summed E-state index contributed by atoms with van der Waals surface area (Å²) in [4.78, 5) is 12.6. The van der Waals surface area contributed by atoms with Crippen molar-refractivity contribution < 1.29 is 9.13 Å². The molecule has 0 atom stereocenters. The summed E-state index contributed by atoms with van der Waals surface area (Å²) >= 11 is 6.14. The van der Waals surface area contributed by atoms with E-state index in [0.29, 0.717) is 44.8 Å². The van der Waals surface area contributed by atoms with E-state index >= 15 is 0 Å². The van der Waals surface area contributed by atoms with E-state index in [1.54, 1.807) is 16.6 Å². The summed E-state index contributed by atoms with van der Waals surface area (Å²) in [6.45, 7) is 1.01. The van der Waals surface area contributed by atoms with Crippen LogP contribution in [-0.4, -0.2) is 33.2 Å². The molecule has 0 N–H and O–H groups in total. The van der Waals surface area contributed by atoms with Crippen LogP contribution in [0.15, 0.2) is 58.5 Å². The third kappa shape index (κ3) is 4.97. The fourth-order valence-electron chi connectivity index (χ4n) is 3.61. The molecule has 0 spiro atoms. The summed E-state index contributed by atoms with van der Waals surface area (Å²) in [5.41, 5.74) is 3.14. The summed E-state index contributed by atoms with van der Waals surface area (Å²) in [5.74, 6) is 0.420. The van der Waals surface area contributed by atoms with Crippen LogP contribution < -0.4 is 4.90 Å². The van der Waals surface area contributed by atoms with Gasteiger partial charge in [0.2, 0.25) is 4.96 Å². The number of hydrogen-bond acceptors (Lipinski definition) is 8. The smallest absolute Gasteiger partial charge is 0.215 e. The van der Waals surface area contributed by atoms with Gasteiger partial charge in [0, 0.05) is 19.0 Å². The molecular weight excluding hydrogens is 551 g/mol. The van der Waals surface area contributed by atoms with Crippen molar-refractivity contribution in [2.24, 2.45) is 0 Å². The lowest BCUT2D eigenvalue weighted by Crippen LogP contribution is -2.15. The first-order valence-electron chi connectivity index (χ1n) is 10.6. The molecule has 0 aliphatic heterocycles. The zero-order valence-corrected chi connectivity index (χ0v) is 21.7. The van der Waals surface area contributed by atoms with Crippen molar-refractivity contribution in [2.75, 3.05) is 18.6 Å².